The fourth-order valence-corrected chi connectivity index (χ4v) is 4.83. The van der Waals surface area contributed by atoms with Crippen molar-refractivity contribution in [1.82, 2.24) is 35.1 Å². The van der Waals surface area contributed by atoms with E-state index in [4.69, 9.17) is 0 Å². The van der Waals surface area contributed by atoms with Crippen molar-refractivity contribution in [2.24, 2.45) is 5.92 Å². The van der Waals surface area contributed by atoms with Crippen molar-refractivity contribution >= 4 is 33.7 Å². The lowest BCUT2D eigenvalue weighted by atomic mass is 9.85. The molecule has 0 bridgehead atoms. The Balaban J connectivity index is 1.30. The maximum absolute atomic E-state index is 16.1. The Morgan fingerprint density at radius 2 is 1.84 bits per heavy atom. The van der Waals surface area contributed by atoms with Crippen LogP contribution in [-0.4, -0.2) is 41.0 Å². The zero-order chi connectivity index (χ0) is 25.6. The Hall–Kier alpha value is -4.99. The number of carbonyl (C=O) groups excluding carboxylic acids is 1. The van der Waals surface area contributed by atoms with E-state index < -0.39 is 5.82 Å². The van der Waals surface area contributed by atoms with Gasteiger partial charge in [0.1, 0.15) is 11.5 Å². The lowest BCUT2D eigenvalue weighted by Crippen LogP contribution is -2.28. The third kappa shape index (κ3) is 3.69. The van der Waals surface area contributed by atoms with Gasteiger partial charge in [0.2, 0.25) is 5.91 Å². The molecule has 186 valence electrons. The van der Waals surface area contributed by atoms with Crippen LogP contribution in [0.25, 0.3) is 55.8 Å². The number of hydrogen-bond acceptors (Lipinski definition) is 6. The van der Waals surface area contributed by atoms with Crippen LogP contribution < -0.4 is 5.32 Å². The minimum absolute atomic E-state index is 0.0205. The second-order valence-electron chi connectivity index (χ2n) is 9.38. The van der Waals surface area contributed by atoms with E-state index in [-0.39, 0.29) is 11.8 Å². The zero-order valence-corrected chi connectivity index (χ0v) is 20.1. The van der Waals surface area contributed by atoms with Crippen molar-refractivity contribution in [2.45, 2.75) is 19.3 Å². The maximum atomic E-state index is 16.1. The summed E-state index contributed by atoms with van der Waals surface area (Å²) in [6.07, 6.45) is 11.1. The first-order valence-corrected chi connectivity index (χ1v) is 12.3. The molecule has 5 heterocycles. The Kier molecular flexibility index (Phi) is 5.17. The average Bonchev–Trinajstić information content (AvgIpc) is 3.53. The van der Waals surface area contributed by atoms with Crippen LogP contribution in [0.5, 0.6) is 0 Å². The van der Waals surface area contributed by atoms with E-state index in [0.717, 1.165) is 35.9 Å². The number of H-pyrrole nitrogens is 2. The number of aromatic amines is 2. The highest BCUT2D eigenvalue weighted by Crippen LogP contribution is 2.35. The molecule has 0 unspecified atom stereocenters. The van der Waals surface area contributed by atoms with E-state index in [9.17, 15) is 4.79 Å². The van der Waals surface area contributed by atoms with Crippen LogP contribution in [-0.2, 0) is 4.79 Å². The molecule has 0 saturated heterocycles. The number of imidazole rings is 1. The number of anilines is 1. The van der Waals surface area contributed by atoms with Crippen LogP contribution in [0.1, 0.15) is 19.3 Å². The van der Waals surface area contributed by atoms with E-state index in [1.54, 1.807) is 49.2 Å². The van der Waals surface area contributed by atoms with E-state index in [1.165, 1.54) is 0 Å². The molecule has 0 spiro atoms. The van der Waals surface area contributed by atoms with Crippen LogP contribution >= 0.6 is 0 Å². The average molecular weight is 505 g/mol. The van der Waals surface area contributed by atoms with Gasteiger partial charge in [-0.05, 0) is 54.8 Å². The van der Waals surface area contributed by atoms with Crippen LogP contribution in [0, 0.1) is 11.7 Å². The Morgan fingerprint density at radius 3 is 2.66 bits per heavy atom. The summed E-state index contributed by atoms with van der Waals surface area (Å²) in [6, 6.07) is 10.9. The largest absolute Gasteiger partial charge is 0.335 e. The molecule has 1 saturated carbocycles. The molecular formula is C28H21FN8O. The zero-order valence-electron chi connectivity index (χ0n) is 20.1. The molecule has 0 atom stereocenters. The van der Waals surface area contributed by atoms with E-state index >= 15 is 4.39 Å². The van der Waals surface area contributed by atoms with Crippen LogP contribution in [0.15, 0.2) is 67.4 Å². The van der Waals surface area contributed by atoms with E-state index in [2.05, 4.69) is 40.4 Å². The fourth-order valence-electron chi connectivity index (χ4n) is 4.83. The smallest absolute Gasteiger partial charge is 0.227 e. The molecule has 1 aliphatic carbocycles. The second-order valence-corrected chi connectivity index (χ2v) is 9.38. The van der Waals surface area contributed by atoms with Gasteiger partial charge in [0.25, 0.3) is 0 Å². The highest BCUT2D eigenvalue weighted by Gasteiger charge is 2.25. The predicted molar refractivity (Wildman–Crippen MR) is 141 cm³/mol. The third-order valence-electron chi connectivity index (χ3n) is 7.07. The number of rotatable bonds is 5. The van der Waals surface area contributed by atoms with Gasteiger partial charge in [0.15, 0.2) is 11.5 Å². The molecule has 1 fully saturated rings. The summed E-state index contributed by atoms with van der Waals surface area (Å²) in [5.74, 6) is -0.0419. The van der Waals surface area contributed by atoms with Crippen molar-refractivity contribution in [1.29, 1.82) is 0 Å². The van der Waals surface area contributed by atoms with E-state index in [1.807, 2.05) is 18.2 Å². The van der Waals surface area contributed by atoms with Gasteiger partial charge in [-0.3, -0.25) is 19.9 Å². The third-order valence-corrected chi connectivity index (χ3v) is 7.07. The molecule has 1 aliphatic rings. The Bertz CT molecular complexity index is 1820. The fraction of sp³-hybridized carbons (Fsp3) is 0.143. The summed E-state index contributed by atoms with van der Waals surface area (Å²) in [6.45, 7) is 0. The van der Waals surface area contributed by atoms with Gasteiger partial charge in [-0.25, -0.2) is 14.4 Å². The molecule has 9 nitrogen and oxygen atoms in total. The lowest BCUT2D eigenvalue weighted by molar-refractivity contribution is -0.122. The minimum Gasteiger partial charge on any atom is -0.335 e. The summed E-state index contributed by atoms with van der Waals surface area (Å²) in [5.41, 5.74) is 5.41. The first-order chi connectivity index (χ1) is 18.7. The molecule has 6 aromatic rings. The number of carbonyl (C=O) groups is 1. The Morgan fingerprint density at radius 1 is 0.974 bits per heavy atom. The predicted octanol–water partition coefficient (Wildman–Crippen LogP) is 5.50. The van der Waals surface area contributed by atoms with Gasteiger partial charge in [0.05, 0.1) is 28.3 Å². The molecule has 10 heteroatoms. The normalized spacial score (nSPS) is 13.6. The van der Waals surface area contributed by atoms with Crippen molar-refractivity contribution in [3.63, 3.8) is 0 Å². The first kappa shape index (κ1) is 22.2. The summed E-state index contributed by atoms with van der Waals surface area (Å²) < 4.78 is 16.1. The summed E-state index contributed by atoms with van der Waals surface area (Å²) in [4.78, 5) is 33.0. The maximum Gasteiger partial charge on any atom is 0.227 e. The Labute approximate surface area is 215 Å². The molecule has 0 radical (unpaired) electrons. The SMILES string of the molecule is O=C(Nc1cncc(-c2ccc3[nH]nc(-c4nc5nccc(-c6ccncc6)c5[nH]4)c3c2F)c1)C1CCC1. The molecule has 0 aliphatic heterocycles. The molecule has 5 aromatic heterocycles. The van der Waals surface area contributed by atoms with Gasteiger partial charge in [-0.15, -0.1) is 0 Å². The van der Waals surface area contributed by atoms with Crippen molar-refractivity contribution in [3.05, 3.63) is 73.2 Å². The number of hydrogen-bond donors (Lipinski definition) is 3. The highest BCUT2D eigenvalue weighted by atomic mass is 19.1. The summed E-state index contributed by atoms with van der Waals surface area (Å²) >= 11 is 0. The van der Waals surface area contributed by atoms with Gasteiger partial charge in [-0.2, -0.15) is 5.10 Å². The minimum atomic E-state index is -0.460. The van der Waals surface area contributed by atoms with Gasteiger partial charge < -0.3 is 10.3 Å². The number of aromatic nitrogens is 7. The molecule has 1 aromatic carbocycles. The number of amides is 1. The molecule has 3 N–H and O–H groups in total. The van der Waals surface area contributed by atoms with Crippen molar-refractivity contribution in [3.8, 4) is 33.8 Å². The standard InChI is InChI=1S/C28H21FN8O/c29-23-19(17-12-18(14-31-13-17)33-28(38)16-2-1-3-16)4-5-21-22(23)25(37-36-21)27-34-24-20(8-11-32-26(24)35-27)15-6-9-30-10-7-15/h4-14,16H,1-3H2,(H,33,38)(H,36,37)(H,32,34,35). The van der Waals surface area contributed by atoms with Gasteiger partial charge in [-0.1, -0.05) is 6.42 Å². The number of nitrogens with zero attached hydrogens (tertiary/aromatic N) is 5. The lowest BCUT2D eigenvalue weighted by Gasteiger charge is -2.24. The molecular weight excluding hydrogens is 483 g/mol. The van der Waals surface area contributed by atoms with Gasteiger partial charge in [0, 0.05) is 47.4 Å². The van der Waals surface area contributed by atoms with Gasteiger partial charge >= 0.3 is 0 Å². The van der Waals surface area contributed by atoms with Crippen LogP contribution in [0.4, 0.5) is 10.1 Å². The first-order valence-electron chi connectivity index (χ1n) is 12.3. The topological polar surface area (TPSA) is 125 Å². The van der Waals surface area contributed by atoms with Crippen molar-refractivity contribution < 1.29 is 9.18 Å². The number of nitrogens with one attached hydrogen (secondary N) is 3. The summed E-state index contributed by atoms with van der Waals surface area (Å²) in [7, 11) is 0. The van der Waals surface area contributed by atoms with E-state index in [0.29, 0.717) is 44.9 Å². The monoisotopic (exact) mass is 504 g/mol. The second kappa shape index (κ2) is 8.84. The molecule has 38 heavy (non-hydrogen) atoms. The molecule has 1 amide bonds. The number of pyridine rings is 3. The highest BCUT2D eigenvalue weighted by molar-refractivity contribution is 5.98. The molecule has 7 rings (SSSR count). The quantitative estimate of drug-likeness (QED) is 0.285. The number of benzene rings is 1. The number of fused-ring (bicyclic) bond motifs is 2. The van der Waals surface area contributed by atoms with Crippen LogP contribution in [0.2, 0.25) is 0 Å². The van der Waals surface area contributed by atoms with Crippen LogP contribution in [0.3, 0.4) is 0 Å². The van der Waals surface area contributed by atoms with Crippen molar-refractivity contribution in [2.75, 3.05) is 5.32 Å². The summed E-state index contributed by atoms with van der Waals surface area (Å²) in [5, 5.41) is 10.5. The number of halogens is 1.